The van der Waals surface area contributed by atoms with Crippen LogP contribution in [0.5, 0.6) is 0 Å². The van der Waals surface area contributed by atoms with Crippen molar-refractivity contribution in [1.82, 2.24) is 15.5 Å². The van der Waals surface area contributed by atoms with Crippen LogP contribution in [0.1, 0.15) is 17.0 Å². The molecule has 1 N–H and O–H groups in total. The summed E-state index contributed by atoms with van der Waals surface area (Å²) in [5, 5.41) is 7.23. The number of ether oxygens (including phenoxy) is 1. The first-order chi connectivity index (χ1) is 12.6. The minimum Gasteiger partial charge on any atom is -0.367 e. The fourth-order valence-electron chi connectivity index (χ4n) is 2.24. The van der Waals surface area contributed by atoms with E-state index in [0.717, 1.165) is 16.7 Å². The van der Waals surface area contributed by atoms with Crippen molar-refractivity contribution in [1.29, 1.82) is 0 Å². The lowest BCUT2D eigenvalue weighted by molar-refractivity contribution is -0.126. The SMILES string of the molecule is Cc1ccc(-c2noc(CNC(=O)COCc3ccccc3)n2)cc1Cl. The van der Waals surface area contributed by atoms with Gasteiger partial charge in [-0.1, -0.05) is 59.2 Å². The number of carbonyl (C=O) groups is 1. The Balaban J connectivity index is 1.47. The second-order valence-electron chi connectivity index (χ2n) is 5.73. The molecule has 0 unspecified atom stereocenters. The van der Waals surface area contributed by atoms with E-state index in [4.69, 9.17) is 20.9 Å². The molecule has 0 saturated carbocycles. The van der Waals surface area contributed by atoms with Crippen LogP contribution in [0.3, 0.4) is 0 Å². The summed E-state index contributed by atoms with van der Waals surface area (Å²) in [4.78, 5) is 16.1. The largest absolute Gasteiger partial charge is 0.367 e. The molecule has 1 heterocycles. The van der Waals surface area contributed by atoms with Crippen molar-refractivity contribution in [2.45, 2.75) is 20.1 Å². The van der Waals surface area contributed by atoms with E-state index in [0.29, 0.717) is 23.3 Å². The topological polar surface area (TPSA) is 77.2 Å². The number of nitrogens with one attached hydrogen (secondary N) is 1. The first-order valence-electron chi connectivity index (χ1n) is 8.09. The molecule has 1 amide bonds. The molecular weight excluding hydrogens is 354 g/mol. The Morgan fingerprint density at radius 2 is 2.04 bits per heavy atom. The number of hydrogen-bond acceptors (Lipinski definition) is 5. The Labute approximate surface area is 156 Å². The van der Waals surface area contributed by atoms with E-state index in [1.54, 1.807) is 6.07 Å². The number of benzene rings is 2. The number of hydrogen-bond donors (Lipinski definition) is 1. The standard InChI is InChI=1S/C19H18ClN3O3/c1-13-7-8-15(9-16(13)20)19-22-18(26-23-19)10-21-17(24)12-25-11-14-5-3-2-4-6-14/h2-9H,10-12H2,1H3,(H,21,24). The molecule has 1 aromatic heterocycles. The average molecular weight is 372 g/mol. The lowest BCUT2D eigenvalue weighted by Gasteiger charge is -2.04. The summed E-state index contributed by atoms with van der Waals surface area (Å²) in [6.07, 6.45) is 0. The molecule has 0 spiro atoms. The van der Waals surface area contributed by atoms with E-state index in [1.165, 1.54) is 0 Å². The van der Waals surface area contributed by atoms with Crippen LogP contribution >= 0.6 is 11.6 Å². The molecule has 3 rings (SSSR count). The highest BCUT2D eigenvalue weighted by Gasteiger charge is 2.11. The molecule has 0 aliphatic carbocycles. The van der Waals surface area contributed by atoms with Crippen molar-refractivity contribution in [2.75, 3.05) is 6.61 Å². The second-order valence-corrected chi connectivity index (χ2v) is 6.14. The molecule has 0 radical (unpaired) electrons. The van der Waals surface area contributed by atoms with Gasteiger partial charge < -0.3 is 14.6 Å². The maximum Gasteiger partial charge on any atom is 0.246 e. The van der Waals surface area contributed by atoms with Crippen molar-refractivity contribution in [3.8, 4) is 11.4 Å². The Morgan fingerprint density at radius 1 is 1.23 bits per heavy atom. The maximum absolute atomic E-state index is 11.8. The van der Waals surface area contributed by atoms with Crippen LogP contribution in [0.25, 0.3) is 11.4 Å². The van der Waals surface area contributed by atoms with Crippen molar-refractivity contribution in [2.24, 2.45) is 0 Å². The number of halogens is 1. The molecule has 3 aromatic rings. The zero-order chi connectivity index (χ0) is 18.4. The first kappa shape index (κ1) is 18.1. The second kappa shape index (κ2) is 8.60. The highest BCUT2D eigenvalue weighted by atomic mass is 35.5. The maximum atomic E-state index is 11.8. The third kappa shape index (κ3) is 4.91. The van der Waals surface area contributed by atoms with Gasteiger partial charge >= 0.3 is 0 Å². The quantitative estimate of drug-likeness (QED) is 0.687. The molecule has 6 nitrogen and oxygen atoms in total. The third-order valence-corrected chi connectivity index (χ3v) is 4.09. The number of nitrogens with zero attached hydrogens (tertiary/aromatic N) is 2. The average Bonchev–Trinajstić information content (AvgIpc) is 3.12. The van der Waals surface area contributed by atoms with Gasteiger partial charge in [0.25, 0.3) is 0 Å². The van der Waals surface area contributed by atoms with Crippen LogP contribution in [0, 0.1) is 6.92 Å². The third-order valence-electron chi connectivity index (χ3n) is 3.68. The fraction of sp³-hybridized carbons (Fsp3) is 0.211. The summed E-state index contributed by atoms with van der Waals surface area (Å²) < 4.78 is 10.5. The summed E-state index contributed by atoms with van der Waals surface area (Å²) in [5.41, 5.74) is 2.74. The molecule has 2 aromatic carbocycles. The molecule has 0 aliphatic rings. The zero-order valence-corrected chi connectivity index (χ0v) is 15.0. The highest BCUT2D eigenvalue weighted by Crippen LogP contribution is 2.23. The number of aromatic nitrogens is 2. The molecule has 134 valence electrons. The molecular formula is C19H18ClN3O3. The van der Waals surface area contributed by atoms with E-state index < -0.39 is 0 Å². The number of carbonyl (C=O) groups excluding carboxylic acids is 1. The van der Waals surface area contributed by atoms with Gasteiger partial charge in [0, 0.05) is 10.6 Å². The monoisotopic (exact) mass is 371 g/mol. The van der Waals surface area contributed by atoms with Crippen molar-refractivity contribution < 1.29 is 14.1 Å². The fourth-order valence-corrected chi connectivity index (χ4v) is 2.42. The van der Waals surface area contributed by atoms with Crippen LogP contribution in [0.2, 0.25) is 5.02 Å². The molecule has 0 aliphatic heterocycles. The van der Waals surface area contributed by atoms with Crippen molar-refractivity contribution in [3.05, 3.63) is 70.6 Å². The summed E-state index contributed by atoms with van der Waals surface area (Å²) in [7, 11) is 0. The predicted molar refractivity (Wildman–Crippen MR) is 97.4 cm³/mol. The summed E-state index contributed by atoms with van der Waals surface area (Å²) >= 11 is 6.11. The number of rotatable bonds is 7. The van der Waals surface area contributed by atoms with Crippen LogP contribution in [-0.2, 0) is 22.7 Å². The van der Waals surface area contributed by atoms with Gasteiger partial charge in [0.05, 0.1) is 13.2 Å². The van der Waals surface area contributed by atoms with Gasteiger partial charge in [0.1, 0.15) is 6.61 Å². The van der Waals surface area contributed by atoms with Crippen LogP contribution in [0.15, 0.2) is 53.1 Å². The van der Waals surface area contributed by atoms with Gasteiger partial charge in [-0.15, -0.1) is 0 Å². The smallest absolute Gasteiger partial charge is 0.246 e. The Morgan fingerprint density at radius 3 is 2.81 bits per heavy atom. The highest BCUT2D eigenvalue weighted by molar-refractivity contribution is 6.31. The van der Waals surface area contributed by atoms with Gasteiger partial charge in [-0.3, -0.25) is 4.79 Å². The van der Waals surface area contributed by atoms with Gasteiger partial charge in [-0.2, -0.15) is 4.98 Å². The molecule has 7 heteroatoms. The first-order valence-corrected chi connectivity index (χ1v) is 8.47. The van der Waals surface area contributed by atoms with E-state index in [1.807, 2.05) is 49.4 Å². The van der Waals surface area contributed by atoms with Crippen LogP contribution in [-0.4, -0.2) is 22.7 Å². The molecule has 0 fully saturated rings. The van der Waals surface area contributed by atoms with E-state index in [-0.39, 0.29) is 19.1 Å². The van der Waals surface area contributed by atoms with E-state index in [9.17, 15) is 4.79 Å². The lowest BCUT2D eigenvalue weighted by atomic mass is 10.1. The minimum absolute atomic E-state index is 0.0382. The van der Waals surface area contributed by atoms with Gasteiger partial charge in [0.15, 0.2) is 0 Å². The zero-order valence-electron chi connectivity index (χ0n) is 14.2. The summed E-state index contributed by atoms with van der Waals surface area (Å²) in [5.74, 6) is 0.489. The summed E-state index contributed by atoms with van der Waals surface area (Å²) in [6.45, 7) is 2.40. The van der Waals surface area contributed by atoms with E-state index in [2.05, 4.69) is 15.5 Å². The number of aryl methyl sites for hydroxylation is 1. The predicted octanol–water partition coefficient (Wildman–Crippen LogP) is 3.53. The molecule has 0 saturated heterocycles. The van der Waals surface area contributed by atoms with Crippen LogP contribution < -0.4 is 5.32 Å². The number of amides is 1. The Kier molecular flexibility index (Phi) is 5.99. The summed E-state index contributed by atoms with van der Waals surface area (Å²) in [6, 6.07) is 15.2. The minimum atomic E-state index is -0.251. The Hall–Kier alpha value is -2.70. The van der Waals surface area contributed by atoms with E-state index >= 15 is 0 Å². The Bertz CT molecular complexity index is 881. The van der Waals surface area contributed by atoms with Gasteiger partial charge in [0.2, 0.25) is 17.6 Å². The molecule has 0 bridgehead atoms. The molecule has 26 heavy (non-hydrogen) atoms. The van der Waals surface area contributed by atoms with Crippen LogP contribution in [0.4, 0.5) is 0 Å². The van der Waals surface area contributed by atoms with Gasteiger partial charge in [-0.05, 0) is 24.1 Å². The van der Waals surface area contributed by atoms with Crippen molar-refractivity contribution in [3.63, 3.8) is 0 Å². The lowest BCUT2D eigenvalue weighted by Crippen LogP contribution is -2.27. The normalized spacial score (nSPS) is 10.7. The van der Waals surface area contributed by atoms with Crippen molar-refractivity contribution >= 4 is 17.5 Å². The van der Waals surface area contributed by atoms with Gasteiger partial charge in [-0.25, -0.2) is 0 Å². The molecule has 0 atom stereocenters.